The van der Waals surface area contributed by atoms with Crippen molar-refractivity contribution < 1.29 is 9.15 Å². The van der Waals surface area contributed by atoms with E-state index in [1.807, 2.05) is 20.8 Å². The van der Waals surface area contributed by atoms with Gasteiger partial charge in [-0.2, -0.15) is 0 Å². The van der Waals surface area contributed by atoms with Crippen LogP contribution >= 0.6 is 0 Å². The van der Waals surface area contributed by atoms with E-state index < -0.39 is 0 Å². The highest BCUT2D eigenvalue weighted by atomic mass is 16.5. The third kappa shape index (κ3) is 1.31. The summed E-state index contributed by atoms with van der Waals surface area (Å²) in [6.45, 7) is 9.44. The summed E-state index contributed by atoms with van der Waals surface area (Å²) < 4.78 is 6.23. The highest BCUT2D eigenvalue weighted by molar-refractivity contribution is 5.02. The molecule has 0 N–H and O–H groups in total. The van der Waals surface area contributed by atoms with E-state index >= 15 is 0 Å². The van der Waals surface area contributed by atoms with E-state index in [0.29, 0.717) is 17.3 Å². The summed E-state index contributed by atoms with van der Waals surface area (Å²) in [6, 6.07) is 0. The quantitative estimate of drug-likeness (QED) is 0.439. The van der Waals surface area contributed by atoms with Crippen molar-refractivity contribution in [2.75, 3.05) is 0 Å². The van der Waals surface area contributed by atoms with Crippen molar-refractivity contribution in [1.82, 2.24) is 0 Å². The second-order valence-electron chi connectivity index (χ2n) is 4.09. The first-order valence-corrected chi connectivity index (χ1v) is 4.04. The summed E-state index contributed by atoms with van der Waals surface area (Å²) in [5, 5.41) is 11.5. The van der Waals surface area contributed by atoms with Crippen LogP contribution in [-0.4, -0.2) is 0 Å². The molecule has 0 aliphatic carbocycles. The Labute approximate surface area is 72.6 Å². The fourth-order valence-electron chi connectivity index (χ4n) is 1.01. The van der Waals surface area contributed by atoms with Crippen molar-refractivity contribution in [2.45, 2.75) is 40.0 Å². The average molecular weight is 169 g/mol. The lowest BCUT2D eigenvalue weighted by Gasteiger charge is -2.10. The van der Waals surface area contributed by atoms with Crippen LogP contribution in [0, 0.1) is 19.1 Å². The third-order valence-electron chi connectivity index (χ3n) is 1.89. The van der Waals surface area contributed by atoms with Crippen molar-refractivity contribution in [3.63, 3.8) is 0 Å². The first kappa shape index (κ1) is 9.10. The predicted molar refractivity (Wildman–Crippen MR) is 45.8 cm³/mol. The van der Waals surface area contributed by atoms with E-state index in [9.17, 15) is 5.21 Å². The summed E-state index contributed by atoms with van der Waals surface area (Å²) in [4.78, 5) is 0. The Morgan fingerprint density at radius 3 is 1.92 bits per heavy atom. The third-order valence-corrected chi connectivity index (χ3v) is 1.89. The number of oxazole rings is 1. The van der Waals surface area contributed by atoms with E-state index in [1.54, 1.807) is 13.8 Å². The lowest BCUT2D eigenvalue weighted by atomic mass is 9.97. The predicted octanol–water partition coefficient (Wildman–Crippen LogP) is 1.83. The van der Waals surface area contributed by atoms with Crippen LogP contribution in [0.5, 0.6) is 0 Å². The van der Waals surface area contributed by atoms with Crippen LogP contribution in [0.1, 0.15) is 38.1 Å². The summed E-state index contributed by atoms with van der Waals surface area (Å²) in [6.07, 6.45) is 0. The van der Waals surface area contributed by atoms with Gasteiger partial charge in [0.05, 0.1) is 5.41 Å². The lowest BCUT2D eigenvalue weighted by molar-refractivity contribution is -0.628. The zero-order valence-corrected chi connectivity index (χ0v) is 8.26. The van der Waals surface area contributed by atoms with Crippen LogP contribution < -0.4 is 4.73 Å². The summed E-state index contributed by atoms with van der Waals surface area (Å²) in [7, 11) is 0. The SMILES string of the molecule is Cc1oc(C(C)(C)C)[n+]([O-])c1C. The van der Waals surface area contributed by atoms with Gasteiger partial charge in [-0.15, -0.1) is 4.73 Å². The lowest BCUT2D eigenvalue weighted by Crippen LogP contribution is -2.37. The van der Waals surface area contributed by atoms with Crippen molar-refractivity contribution in [2.24, 2.45) is 0 Å². The van der Waals surface area contributed by atoms with Crippen molar-refractivity contribution in [3.8, 4) is 0 Å². The molecule has 1 aromatic rings. The molecular formula is C9H15NO2. The van der Waals surface area contributed by atoms with Gasteiger partial charge in [0, 0.05) is 13.8 Å². The molecule has 68 valence electrons. The van der Waals surface area contributed by atoms with E-state index in [0.717, 1.165) is 4.73 Å². The molecule has 1 heterocycles. The van der Waals surface area contributed by atoms with Gasteiger partial charge in [0.1, 0.15) is 0 Å². The standard InChI is InChI=1S/C9H15NO2/c1-6-7(2)12-8(10(6)11)9(3,4)5/h1-5H3. The molecule has 3 nitrogen and oxygen atoms in total. The molecule has 0 saturated carbocycles. The fraction of sp³-hybridized carbons (Fsp3) is 0.667. The van der Waals surface area contributed by atoms with Crippen LogP contribution in [0.2, 0.25) is 0 Å². The Kier molecular flexibility index (Phi) is 1.90. The minimum Gasteiger partial charge on any atom is -0.616 e. The van der Waals surface area contributed by atoms with Gasteiger partial charge in [-0.05, 0) is 20.8 Å². The van der Waals surface area contributed by atoms with E-state index in [1.165, 1.54) is 0 Å². The van der Waals surface area contributed by atoms with Gasteiger partial charge in [-0.25, -0.2) is 0 Å². The number of nitrogens with zero attached hydrogens (tertiary/aromatic N) is 1. The van der Waals surface area contributed by atoms with Crippen molar-refractivity contribution >= 4 is 0 Å². The van der Waals surface area contributed by atoms with Crippen LogP contribution in [0.25, 0.3) is 0 Å². The summed E-state index contributed by atoms with van der Waals surface area (Å²) in [5.41, 5.74) is 0.431. The van der Waals surface area contributed by atoms with E-state index in [4.69, 9.17) is 4.42 Å². The Morgan fingerprint density at radius 1 is 1.25 bits per heavy atom. The second-order valence-corrected chi connectivity index (χ2v) is 4.09. The fourth-order valence-corrected chi connectivity index (χ4v) is 1.01. The molecule has 3 heteroatoms. The minimum absolute atomic E-state index is 0.221. The smallest absolute Gasteiger partial charge is 0.364 e. The average Bonchev–Trinajstić information content (AvgIpc) is 2.15. The molecular weight excluding hydrogens is 154 g/mol. The minimum atomic E-state index is -0.221. The first-order valence-electron chi connectivity index (χ1n) is 4.04. The summed E-state index contributed by atoms with van der Waals surface area (Å²) >= 11 is 0. The second kappa shape index (κ2) is 2.51. The molecule has 0 saturated heterocycles. The maximum atomic E-state index is 11.5. The zero-order valence-electron chi connectivity index (χ0n) is 8.26. The van der Waals surface area contributed by atoms with Crippen LogP contribution in [0.15, 0.2) is 4.42 Å². The van der Waals surface area contributed by atoms with Crippen molar-refractivity contribution in [1.29, 1.82) is 0 Å². The Bertz CT molecular complexity index is 294. The van der Waals surface area contributed by atoms with Gasteiger partial charge in [0.15, 0.2) is 5.76 Å². The van der Waals surface area contributed by atoms with Gasteiger partial charge in [-0.3, -0.25) is 0 Å². The molecule has 0 radical (unpaired) electrons. The highest BCUT2D eigenvalue weighted by Gasteiger charge is 2.30. The molecule has 12 heavy (non-hydrogen) atoms. The van der Waals surface area contributed by atoms with Gasteiger partial charge in [-0.1, -0.05) is 0 Å². The maximum absolute atomic E-state index is 11.5. The molecule has 0 atom stereocenters. The van der Waals surface area contributed by atoms with Gasteiger partial charge in [0.2, 0.25) is 5.69 Å². The Morgan fingerprint density at radius 2 is 1.75 bits per heavy atom. The molecule has 0 aliphatic heterocycles. The molecule has 0 spiro atoms. The Hall–Kier alpha value is -0.990. The monoisotopic (exact) mass is 169 g/mol. The number of aromatic nitrogens is 1. The molecule has 0 fully saturated rings. The molecule has 1 aromatic heterocycles. The Balaban J connectivity index is 3.28. The molecule has 0 amide bonds. The normalized spacial score (nSPS) is 12.1. The van der Waals surface area contributed by atoms with E-state index in [2.05, 4.69) is 0 Å². The molecule has 0 aliphatic rings. The largest absolute Gasteiger partial charge is 0.616 e. The summed E-state index contributed by atoms with van der Waals surface area (Å²) in [5.74, 6) is 1.19. The highest BCUT2D eigenvalue weighted by Crippen LogP contribution is 2.21. The molecule has 1 rings (SSSR count). The maximum Gasteiger partial charge on any atom is 0.364 e. The van der Waals surface area contributed by atoms with Crippen LogP contribution in [0.3, 0.4) is 0 Å². The van der Waals surface area contributed by atoms with E-state index in [-0.39, 0.29) is 5.41 Å². The van der Waals surface area contributed by atoms with Crippen LogP contribution in [-0.2, 0) is 5.41 Å². The van der Waals surface area contributed by atoms with Crippen LogP contribution in [0.4, 0.5) is 0 Å². The number of aryl methyl sites for hydroxylation is 1. The number of rotatable bonds is 0. The number of hydrogen-bond donors (Lipinski definition) is 0. The molecule has 0 bridgehead atoms. The first-order chi connectivity index (χ1) is 5.34. The van der Waals surface area contributed by atoms with Gasteiger partial charge in [0.25, 0.3) is 0 Å². The van der Waals surface area contributed by atoms with Gasteiger partial charge >= 0.3 is 5.89 Å². The molecule has 0 aromatic carbocycles. The topological polar surface area (TPSA) is 40.1 Å². The number of hydrogen-bond acceptors (Lipinski definition) is 2. The zero-order chi connectivity index (χ0) is 9.52. The van der Waals surface area contributed by atoms with Gasteiger partial charge < -0.3 is 9.62 Å². The molecule has 0 unspecified atom stereocenters. The van der Waals surface area contributed by atoms with Crippen molar-refractivity contribution in [3.05, 3.63) is 22.6 Å².